The number of aromatic nitrogens is 3. The van der Waals surface area contributed by atoms with Crippen molar-refractivity contribution in [1.29, 1.82) is 0 Å². The molecule has 1 unspecified atom stereocenters. The Bertz CT molecular complexity index is 1500. The number of nitrogens with zero attached hydrogens (tertiary/aromatic N) is 3. The highest BCUT2D eigenvalue weighted by molar-refractivity contribution is 7.94. The first-order valence-electron chi connectivity index (χ1n) is 11.3. The summed E-state index contributed by atoms with van der Waals surface area (Å²) < 4.78 is 80.6. The van der Waals surface area contributed by atoms with E-state index in [1.165, 1.54) is 45.0 Å². The molecule has 37 heavy (non-hydrogen) atoms. The van der Waals surface area contributed by atoms with E-state index in [0.29, 0.717) is 16.9 Å². The van der Waals surface area contributed by atoms with Gasteiger partial charge < -0.3 is 5.11 Å². The number of hydrogen-bond acceptors (Lipinski definition) is 6. The third-order valence-electron chi connectivity index (χ3n) is 6.20. The Kier molecular flexibility index (Phi) is 7.06. The van der Waals surface area contributed by atoms with Gasteiger partial charge in [-0.2, -0.15) is 23.0 Å². The first-order chi connectivity index (χ1) is 17.2. The third-order valence-corrected chi connectivity index (χ3v) is 9.92. The van der Waals surface area contributed by atoms with E-state index in [1.807, 2.05) is 0 Å². The first kappa shape index (κ1) is 27.0. The number of hydrogen-bond donors (Lipinski definition) is 1. The average molecular weight is 558 g/mol. The summed E-state index contributed by atoms with van der Waals surface area (Å²) in [5.41, 5.74) is 0.673. The van der Waals surface area contributed by atoms with Crippen LogP contribution in [-0.4, -0.2) is 45.7 Å². The van der Waals surface area contributed by atoms with Gasteiger partial charge in [-0.05, 0) is 63.3 Å². The number of carboxylic acid groups (broad SMARTS) is 1. The molecule has 0 amide bonds. The van der Waals surface area contributed by atoms with Crippen molar-refractivity contribution in [3.8, 4) is 16.3 Å². The van der Waals surface area contributed by atoms with E-state index in [9.17, 15) is 35.9 Å². The summed E-state index contributed by atoms with van der Waals surface area (Å²) in [5, 5.41) is 13.4. The molecule has 0 saturated heterocycles. The molecule has 1 atom stereocenters. The molecule has 0 fully saturated rings. The number of allylic oxidation sites excluding steroid dienone is 2. The zero-order valence-electron chi connectivity index (χ0n) is 20.0. The van der Waals surface area contributed by atoms with Crippen molar-refractivity contribution in [3.63, 3.8) is 0 Å². The molecule has 0 radical (unpaired) electrons. The molecular formula is C24H23F4N3O4S2. The predicted octanol–water partition coefficient (Wildman–Crippen LogP) is 6.07. The molecule has 0 spiro atoms. The Labute approximate surface area is 214 Å². The van der Waals surface area contributed by atoms with E-state index >= 15 is 0 Å². The minimum Gasteiger partial charge on any atom is -0.476 e. The molecule has 0 aliphatic heterocycles. The van der Waals surface area contributed by atoms with Gasteiger partial charge in [-0.1, -0.05) is 29.5 Å². The second-order valence-corrected chi connectivity index (χ2v) is 12.7. The molecule has 2 heterocycles. The molecule has 1 aliphatic rings. The highest BCUT2D eigenvalue weighted by Gasteiger charge is 2.41. The van der Waals surface area contributed by atoms with Gasteiger partial charge in [-0.25, -0.2) is 22.6 Å². The van der Waals surface area contributed by atoms with Crippen LogP contribution in [0.5, 0.6) is 0 Å². The molecule has 1 N–H and O–H groups in total. The van der Waals surface area contributed by atoms with E-state index < -0.39 is 39.0 Å². The Morgan fingerprint density at radius 1 is 1.27 bits per heavy atom. The number of benzene rings is 1. The number of sulfone groups is 1. The molecule has 1 aliphatic carbocycles. The Hall–Kier alpha value is -3.06. The van der Waals surface area contributed by atoms with E-state index in [2.05, 4.69) is 10.1 Å². The Morgan fingerprint density at radius 3 is 2.51 bits per heavy atom. The molecule has 4 rings (SSSR count). The lowest BCUT2D eigenvalue weighted by Crippen LogP contribution is -2.24. The molecule has 7 nitrogen and oxygen atoms in total. The van der Waals surface area contributed by atoms with E-state index in [1.54, 1.807) is 0 Å². The van der Waals surface area contributed by atoms with Crippen LogP contribution in [0.3, 0.4) is 0 Å². The quantitative estimate of drug-likeness (QED) is 0.369. The van der Waals surface area contributed by atoms with Crippen LogP contribution in [0.4, 0.5) is 17.6 Å². The fourth-order valence-electron chi connectivity index (χ4n) is 4.20. The van der Waals surface area contributed by atoms with Crippen LogP contribution in [-0.2, 0) is 9.84 Å². The maximum atomic E-state index is 13.9. The fourth-order valence-corrected chi connectivity index (χ4v) is 7.13. The number of carbonyl (C=O) groups is 1. The first-order valence-corrected chi connectivity index (χ1v) is 13.7. The summed E-state index contributed by atoms with van der Waals surface area (Å²) in [6.07, 6.45) is -3.57. The van der Waals surface area contributed by atoms with Gasteiger partial charge in [0.05, 0.1) is 22.6 Å². The van der Waals surface area contributed by atoms with E-state index in [4.69, 9.17) is 0 Å². The van der Waals surface area contributed by atoms with Gasteiger partial charge in [-0.15, -0.1) is 0 Å². The van der Waals surface area contributed by atoms with Crippen molar-refractivity contribution in [2.45, 2.75) is 55.7 Å². The number of aromatic carboxylic acids is 1. The second kappa shape index (κ2) is 9.67. The van der Waals surface area contributed by atoms with Gasteiger partial charge in [-0.3, -0.25) is 0 Å². The fraction of sp³-hybridized carbons (Fsp3) is 0.375. The van der Waals surface area contributed by atoms with Gasteiger partial charge in [0, 0.05) is 5.56 Å². The van der Waals surface area contributed by atoms with Gasteiger partial charge in [0.25, 0.3) is 0 Å². The highest BCUT2D eigenvalue weighted by atomic mass is 32.2. The minimum absolute atomic E-state index is 0.00567. The van der Waals surface area contributed by atoms with Crippen LogP contribution in [0.2, 0.25) is 0 Å². The van der Waals surface area contributed by atoms with Crippen molar-refractivity contribution >= 4 is 32.7 Å². The normalized spacial score (nSPS) is 16.8. The minimum atomic E-state index is -4.36. The van der Waals surface area contributed by atoms with Crippen LogP contribution >= 0.6 is 11.3 Å². The molecule has 2 aromatic heterocycles. The molecule has 3 aromatic rings. The summed E-state index contributed by atoms with van der Waals surface area (Å²) >= 11 is 0.701. The summed E-state index contributed by atoms with van der Waals surface area (Å²) in [5.74, 6) is -3.50. The third kappa shape index (κ3) is 5.06. The van der Waals surface area contributed by atoms with Crippen LogP contribution < -0.4 is 0 Å². The number of halogens is 4. The average Bonchev–Trinajstić information content (AvgIpc) is 3.40. The van der Waals surface area contributed by atoms with Crippen LogP contribution in [0.15, 0.2) is 34.6 Å². The Balaban J connectivity index is 1.91. The molecule has 0 saturated carbocycles. The van der Waals surface area contributed by atoms with Gasteiger partial charge in [0.1, 0.15) is 10.0 Å². The van der Waals surface area contributed by atoms with Crippen LogP contribution in [0.25, 0.3) is 21.8 Å². The monoisotopic (exact) mass is 557 g/mol. The van der Waals surface area contributed by atoms with Crippen LogP contribution in [0, 0.1) is 18.7 Å². The van der Waals surface area contributed by atoms with Crippen molar-refractivity contribution in [2.24, 2.45) is 5.92 Å². The smallest absolute Gasteiger partial charge is 0.392 e. The maximum absolute atomic E-state index is 13.9. The van der Waals surface area contributed by atoms with E-state index in [0.717, 1.165) is 10.7 Å². The topological polar surface area (TPSA) is 102 Å². The lowest BCUT2D eigenvalue weighted by atomic mass is 9.88. The highest BCUT2D eigenvalue weighted by Crippen LogP contribution is 2.43. The van der Waals surface area contributed by atoms with Crippen molar-refractivity contribution in [2.75, 3.05) is 0 Å². The summed E-state index contributed by atoms with van der Waals surface area (Å²) in [4.78, 5) is 16.7. The largest absolute Gasteiger partial charge is 0.476 e. The van der Waals surface area contributed by atoms with Gasteiger partial charge in [0.2, 0.25) is 5.13 Å². The Morgan fingerprint density at radius 2 is 1.97 bits per heavy atom. The molecule has 198 valence electrons. The molecule has 1 aromatic carbocycles. The van der Waals surface area contributed by atoms with Gasteiger partial charge in [0.15, 0.2) is 15.5 Å². The number of rotatable bonds is 6. The number of thiazole rings is 1. The van der Waals surface area contributed by atoms with Crippen molar-refractivity contribution in [1.82, 2.24) is 14.8 Å². The van der Waals surface area contributed by atoms with Gasteiger partial charge >= 0.3 is 12.1 Å². The SMILES string of the molecule is Cc1nn(-c2nc(C3=CCC(C(F)(F)F)CC3)c(S(=O)(=O)C(C)C)s2)c(C(=O)O)c1-c1cccc(F)c1. The predicted molar refractivity (Wildman–Crippen MR) is 130 cm³/mol. The molecule has 0 bridgehead atoms. The second-order valence-electron chi connectivity index (χ2n) is 9.00. The number of aryl methyl sites for hydroxylation is 1. The number of carboxylic acids is 1. The molecular weight excluding hydrogens is 534 g/mol. The summed E-state index contributed by atoms with van der Waals surface area (Å²) in [7, 11) is -3.93. The summed E-state index contributed by atoms with van der Waals surface area (Å²) in [6, 6.07) is 5.31. The van der Waals surface area contributed by atoms with Crippen LogP contribution in [0.1, 0.15) is 55.0 Å². The number of alkyl halides is 3. The summed E-state index contributed by atoms with van der Waals surface area (Å²) in [6.45, 7) is 4.47. The van der Waals surface area contributed by atoms with E-state index in [-0.39, 0.29) is 56.8 Å². The van der Waals surface area contributed by atoms with Crippen molar-refractivity contribution < 1.29 is 35.9 Å². The zero-order chi connectivity index (χ0) is 27.3. The zero-order valence-corrected chi connectivity index (χ0v) is 21.6. The lowest BCUT2D eigenvalue weighted by Gasteiger charge is -2.24. The maximum Gasteiger partial charge on any atom is 0.392 e. The van der Waals surface area contributed by atoms with Crippen molar-refractivity contribution in [3.05, 3.63) is 53.2 Å². The standard InChI is InChI=1S/C24H23F4N3O4S2/c1-12(2)37(34,35)22-19(14-7-9-16(10-8-14)24(26,27)28)29-23(36-22)31-20(21(32)33)18(13(3)30-31)15-5-4-6-17(25)11-15/h4-7,11-12,16H,8-10H2,1-3H3,(H,32,33). The molecule has 13 heteroatoms. The lowest BCUT2D eigenvalue weighted by molar-refractivity contribution is -0.175.